The summed E-state index contributed by atoms with van der Waals surface area (Å²) in [5.74, 6) is 1.09. The number of ether oxygens (including phenoxy) is 1. The van der Waals surface area contributed by atoms with Gasteiger partial charge in [0.25, 0.3) is 0 Å². The molecular formula is C30H27ClN6O2. The van der Waals surface area contributed by atoms with Gasteiger partial charge in [0.15, 0.2) is 0 Å². The zero-order valence-electron chi connectivity index (χ0n) is 21.2. The van der Waals surface area contributed by atoms with Crippen LogP contribution < -0.4 is 20.3 Å². The quantitative estimate of drug-likeness (QED) is 0.252. The lowest BCUT2D eigenvalue weighted by molar-refractivity contribution is -0.111. The van der Waals surface area contributed by atoms with Crippen LogP contribution in [0.3, 0.4) is 0 Å². The number of benzene rings is 2. The lowest BCUT2D eigenvalue weighted by Gasteiger charge is -2.26. The van der Waals surface area contributed by atoms with Crippen molar-refractivity contribution in [2.45, 2.75) is 31.9 Å². The molecule has 0 spiro atoms. The Morgan fingerprint density at radius 3 is 2.85 bits per heavy atom. The first-order valence-electron chi connectivity index (χ1n) is 12.9. The number of amides is 1. The molecule has 2 aliphatic rings. The Morgan fingerprint density at radius 1 is 1.13 bits per heavy atom. The maximum atomic E-state index is 12.6. The summed E-state index contributed by atoms with van der Waals surface area (Å²) < 4.78 is 5.88. The van der Waals surface area contributed by atoms with Crippen LogP contribution in [0.4, 0.5) is 17.2 Å². The van der Waals surface area contributed by atoms with Gasteiger partial charge in [-0.2, -0.15) is 0 Å². The number of nitrogens with zero attached hydrogens (tertiary/aromatic N) is 4. The van der Waals surface area contributed by atoms with E-state index in [9.17, 15) is 4.79 Å². The highest BCUT2D eigenvalue weighted by Gasteiger charge is 2.22. The van der Waals surface area contributed by atoms with E-state index in [4.69, 9.17) is 16.3 Å². The minimum Gasteiger partial charge on any atom is -0.486 e. The minimum atomic E-state index is -0.177. The van der Waals surface area contributed by atoms with Gasteiger partial charge in [-0.05, 0) is 61.4 Å². The van der Waals surface area contributed by atoms with Crippen LogP contribution in [0, 0.1) is 0 Å². The molecule has 1 saturated carbocycles. The number of nitrogens with one attached hydrogen (secondary N) is 2. The number of rotatable bonds is 9. The molecule has 1 aliphatic carbocycles. The molecule has 0 saturated heterocycles. The molecule has 39 heavy (non-hydrogen) atoms. The largest absolute Gasteiger partial charge is 0.486 e. The number of anilines is 3. The third kappa shape index (κ3) is 5.48. The zero-order valence-corrected chi connectivity index (χ0v) is 21.9. The molecule has 2 N–H and O–H groups in total. The van der Waals surface area contributed by atoms with Gasteiger partial charge in [0, 0.05) is 48.0 Å². The summed E-state index contributed by atoms with van der Waals surface area (Å²) in [5, 5.41) is 7.76. The van der Waals surface area contributed by atoms with Gasteiger partial charge in [0.05, 0.1) is 21.6 Å². The van der Waals surface area contributed by atoms with Gasteiger partial charge in [-0.3, -0.25) is 9.78 Å². The van der Waals surface area contributed by atoms with Crippen molar-refractivity contribution in [2.24, 2.45) is 0 Å². The molecule has 1 fully saturated rings. The van der Waals surface area contributed by atoms with Crippen molar-refractivity contribution in [1.29, 1.82) is 0 Å². The topological polar surface area (TPSA) is 92.3 Å². The Hall–Kier alpha value is -4.27. The Labute approximate surface area is 231 Å². The molecule has 0 atom stereocenters. The number of halogens is 1. The monoisotopic (exact) mass is 538 g/mol. The number of pyridine rings is 1. The van der Waals surface area contributed by atoms with Crippen LogP contribution in [-0.4, -0.2) is 33.4 Å². The second kappa shape index (κ2) is 11.2. The maximum absolute atomic E-state index is 12.6. The molecule has 0 radical (unpaired) electrons. The number of hydrogen-bond donors (Lipinski definition) is 2. The summed E-state index contributed by atoms with van der Waals surface area (Å²) >= 11 is 6.59. The molecular weight excluding hydrogens is 512 g/mol. The molecule has 4 aromatic rings. The fraction of sp³-hybridized carbons (Fsp3) is 0.200. The highest BCUT2D eigenvalue weighted by molar-refractivity contribution is 6.32. The first-order valence-corrected chi connectivity index (χ1v) is 13.3. The Morgan fingerprint density at radius 2 is 2.05 bits per heavy atom. The Balaban J connectivity index is 1.21. The van der Waals surface area contributed by atoms with Crippen LogP contribution in [0.1, 0.15) is 30.5 Å². The summed E-state index contributed by atoms with van der Waals surface area (Å²) in [6.07, 6.45) is 14.3. The molecule has 9 heteroatoms. The second-order valence-electron chi connectivity index (χ2n) is 9.46. The Bertz CT molecular complexity index is 1570. The predicted molar refractivity (Wildman–Crippen MR) is 154 cm³/mol. The lowest BCUT2D eigenvalue weighted by atomic mass is 9.93. The van der Waals surface area contributed by atoms with Crippen molar-refractivity contribution in [3.05, 3.63) is 95.7 Å². The first-order chi connectivity index (χ1) is 19.2. The summed E-state index contributed by atoms with van der Waals surface area (Å²) in [6, 6.07) is 15.6. The number of aromatic nitrogens is 3. The lowest BCUT2D eigenvalue weighted by Crippen LogP contribution is -2.35. The number of hydrogen-bond acceptors (Lipinski definition) is 7. The highest BCUT2D eigenvalue weighted by atomic mass is 35.5. The van der Waals surface area contributed by atoms with E-state index in [0.29, 0.717) is 41.5 Å². The molecule has 3 heterocycles. The van der Waals surface area contributed by atoms with Gasteiger partial charge in [-0.15, -0.1) is 0 Å². The van der Waals surface area contributed by atoms with E-state index in [2.05, 4.69) is 25.6 Å². The molecule has 0 bridgehead atoms. The molecule has 8 nitrogen and oxygen atoms in total. The van der Waals surface area contributed by atoms with Crippen LogP contribution in [0.15, 0.2) is 79.4 Å². The summed E-state index contributed by atoms with van der Waals surface area (Å²) in [5.41, 5.74) is 3.98. The maximum Gasteiger partial charge on any atom is 0.248 e. The normalized spacial score (nSPS) is 14.5. The smallest absolute Gasteiger partial charge is 0.248 e. The third-order valence-corrected chi connectivity index (χ3v) is 7.19. The van der Waals surface area contributed by atoms with E-state index in [1.165, 1.54) is 25.6 Å². The van der Waals surface area contributed by atoms with Gasteiger partial charge >= 0.3 is 0 Å². The van der Waals surface area contributed by atoms with Crippen LogP contribution in [0.5, 0.6) is 5.75 Å². The molecule has 196 valence electrons. The van der Waals surface area contributed by atoms with E-state index in [0.717, 1.165) is 27.8 Å². The first kappa shape index (κ1) is 25.0. The van der Waals surface area contributed by atoms with Crippen molar-refractivity contribution in [3.63, 3.8) is 0 Å². The third-order valence-electron chi connectivity index (χ3n) is 6.89. The van der Waals surface area contributed by atoms with Crippen LogP contribution in [0.2, 0.25) is 5.02 Å². The fourth-order valence-electron chi connectivity index (χ4n) is 4.63. The van der Waals surface area contributed by atoms with Gasteiger partial charge in [-0.1, -0.05) is 30.2 Å². The number of carbonyl (C=O) groups is 1. The van der Waals surface area contributed by atoms with Gasteiger partial charge in [-0.25, -0.2) is 9.97 Å². The molecule has 2 aromatic carbocycles. The predicted octanol–water partition coefficient (Wildman–Crippen LogP) is 6.02. The van der Waals surface area contributed by atoms with E-state index >= 15 is 0 Å². The summed E-state index contributed by atoms with van der Waals surface area (Å²) in [4.78, 5) is 27.9. The van der Waals surface area contributed by atoms with Crippen LogP contribution >= 0.6 is 11.6 Å². The zero-order chi connectivity index (χ0) is 26.6. The molecule has 1 amide bonds. The van der Waals surface area contributed by atoms with Crippen molar-refractivity contribution < 1.29 is 9.53 Å². The van der Waals surface area contributed by atoms with E-state index in [1.54, 1.807) is 12.3 Å². The van der Waals surface area contributed by atoms with Crippen molar-refractivity contribution in [3.8, 4) is 5.75 Å². The van der Waals surface area contributed by atoms with Crippen molar-refractivity contribution in [2.75, 3.05) is 16.8 Å². The van der Waals surface area contributed by atoms with E-state index in [1.807, 2.05) is 71.8 Å². The SMILES string of the molecule is O=C(/C=C/CNC1CCC1)Nc1ccc2ncnc3c2c1C=CN3c1ccc(OCc2ccccn2)c(Cl)c1. The van der Waals surface area contributed by atoms with Crippen LogP contribution in [-0.2, 0) is 11.4 Å². The fourth-order valence-corrected chi connectivity index (χ4v) is 4.86. The second-order valence-corrected chi connectivity index (χ2v) is 9.86. The average molecular weight is 539 g/mol. The standard InChI is InChI=1S/C30H27ClN6O2/c31-24-17-22(9-12-27(24)39-18-21-5-1-2-14-33-21)37-16-13-23-25(10-11-26-29(23)30(37)35-19-34-26)36-28(38)8-4-15-32-20-6-3-7-20/h1-2,4-5,8-14,16-17,19-20,32H,3,6-7,15,18H2,(H,36,38)/b8-4+. The van der Waals surface area contributed by atoms with Gasteiger partial charge in [0.1, 0.15) is 24.5 Å². The van der Waals surface area contributed by atoms with Gasteiger partial charge in [0.2, 0.25) is 5.91 Å². The Kier molecular flexibility index (Phi) is 7.21. The number of carbonyl (C=O) groups excluding carboxylic acids is 1. The van der Waals surface area contributed by atoms with E-state index in [-0.39, 0.29) is 5.91 Å². The summed E-state index contributed by atoms with van der Waals surface area (Å²) in [6.45, 7) is 1.01. The molecule has 6 rings (SSSR count). The average Bonchev–Trinajstić information content (AvgIpc) is 2.93. The minimum absolute atomic E-state index is 0.177. The van der Waals surface area contributed by atoms with Gasteiger partial charge < -0.3 is 20.3 Å². The van der Waals surface area contributed by atoms with Crippen molar-refractivity contribution >= 4 is 51.7 Å². The molecule has 1 aliphatic heterocycles. The van der Waals surface area contributed by atoms with Crippen molar-refractivity contribution in [1.82, 2.24) is 20.3 Å². The molecule has 0 unspecified atom stereocenters. The summed E-state index contributed by atoms with van der Waals surface area (Å²) in [7, 11) is 0. The molecule has 2 aromatic heterocycles. The van der Waals surface area contributed by atoms with E-state index < -0.39 is 0 Å². The highest BCUT2D eigenvalue weighted by Crippen LogP contribution is 2.41. The van der Waals surface area contributed by atoms with Crippen LogP contribution in [0.25, 0.3) is 17.0 Å².